The Labute approximate surface area is 228 Å². The van der Waals surface area contributed by atoms with E-state index >= 15 is 0 Å². The van der Waals surface area contributed by atoms with Gasteiger partial charge in [0.05, 0.1) is 11.1 Å². The summed E-state index contributed by atoms with van der Waals surface area (Å²) in [5, 5.41) is 8.89. The highest BCUT2D eigenvalue weighted by Crippen LogP contribution is 2.32. The van der Waals surface area contributed by atoms with E-state index in [-0.39, 0.29) is 29.9 Å². The van der Waals surface area contributed by atoms with Crippen LogP contribution in [0.15, 0.2) is 18.2 Å². The lowest BCUT2D eigenvalue weighted by Crippen LogP contribution is -2.54. The summed E-state index contributed by atoms with van der Waals surface area (Å²) in [4.78, 5) is 68.1. The molecule has 11 nitrogen and oxygen atoms in total. The first-order chi connectivity index (χ1) is 18.9. The van der Waals surface area contributed by atoms with E-state index in [9.17, 15) is 24.0 Å². The second-order valence-electron chi connectivity index (χ2n) is 10.8. The van der Waals surface area contributed by atoms with E-state index in [2.05, 4.69) is 20.9 Å². The normalized spacial score (nSPS) is 22.7. The molecule has 0 bridgehead atoms. The maximum Gasteiger partial charge on any atom is 0.264 e. The number of nitrogens with zero attached hydrogens (tertiary/aromatic N) is 3. The molecule has 0 aliphatic carbocycles. The first-order valence-electron chi connectivity index (χ1n) is 14.2. The Morgan fingerprint density at radius 2 is 1.69 bits per heavy atom. The lowest BCUT2D eigenvalue weighted by atomic mass is 10.0. The summed E-state index contributed by atoms with van der Waals surface area (Å²) in [7, 11) is 0. The SMILES string of the molecule is O=C1CCC(N2C(=O)c3cccc(NCCCCCC(=O)N4CCN(C5CCNCC5)CC4)c3C2=O)C(=O)N1. The number of anilines is 1. The van der Waals surface area contributed by atoms with Crippen molar-refractivity contribution in [3.05, 3.63) is 29.3 Å². The van der Waals surface area contributed by atoms with Crippen molar-refractivity contribution in [2.24, 2.45) is 0 Å². The molecule has 4 aliphatic rings. The Morgan fingerprint density at radius 3 is 2.44 bits per heavy atom. The molecule has 0 spiro atoms. The predicted molar refractivity (Wildman–Crippen MR) is 144 cm³/mol. The molecule has 1 aromatic rings. The number of carbonyl (C=O) groups excluding carboxylic acids is 5. The first kappa shape index (κ1) is 27.3. The van der Waals surface area contributed by atoms with Crippen LogP contribution in [0.25, 0.3) is 0 Å². The number of imide groups is 2. The number of hydrogen-bond acceptors (Lipinski definition) is 8. The van der Waals surface area contributed by atoms with Gasteiger partial charge in [-0.1, -0.05) is 12.5 Å². The molecule has 0 aromatic heterocycles. The minimum atomic E-state index is -0.979. The Bertz CT molecular complexity index is 1130. The fourth-order valence-electron chi connectivity index (χ4n) is 6.13. The number of nitrogens with one attached hydrogen (secondary N) is 3. The van der Waals surface area contributed by atoms with Crippen LogP contribution in [0, 0.1) is 0 Å². The van der Waals surface area contributed by atoms with Crippen molar-refractivity contribution < 1.29 is 24.0 Å². The van der Waals surface area contributed by atoms with E-state index < -0.39 is 29.7 Å². The molecule has 210 valence electrons. The Kier molecular flexibility index (Phi) is 8.56. The number of benzene rings is 1. The number of unbranched alkanes of at least 4 members (excludes halogenated alkanes) is 2. The Morgan fingerprint density at radius 1 is 0.923 bits per heavy atom. The van der Waals surface area contributed by atoms with Gasteiger partial charge in [0, 0.05) is 57.3 Å². The molecule has 5 amide bonds. The third-order valence-electron chi connectivity index (χ3n) is 8.34. The van der Waals surface area contributed by atoms with Gasteiger partial charge in [-0.2, -0.15) is 0 Å². The van der Waals surface area contributed by atoms with Crippen molar-refractivity contribution in [1.29, 1.82) is 0 Å². The van der Waals surface area contributed by atoms with Crippen LogP contribution in [-0.4, -0.2) is 102 Å². The zero-order valence-corrected chi connectivity index (χ0v) is 22.4. The van der Waals surface area contributed by atoms with Gasteiger partial charge in [0.15, 0.2) is 0 Å². The van der Waals surface area contributed by atoms with Gasteiger partial charge in [-0.15, -0.1) is 0 Å². The van der Waals surface area contributed by atoms with Crippen molar-refractivity contribution in [3.63, 3.8) is 0 Å². The summed E-state index contributed by atoms with van der Waals surface area (Å²) in [6.45, 7) is 6.31. The van der Waals surface area contributed by atoms with Gasteiger partial charge in [-0.3, -0.25) is 39.1 Å². The van der Waals surface area contributed by atoms with Gasteiger partial charge in [0.25, 0.3) is 11.8 Å². The van der Waals surface area contributed by atoms with Gasteiger partial charge < -0.3 is 15.5 Å². The second-order valence-corrected chi connectivity index (χ2v) is 10.8. The highest BCUT2D eigenvalue weighted by molar-refractivity contribution is 6.25. The molecule has 0 radical (unpaired) electrons. The second kappa shape index (κ2) is 12.3. The molecule has 4 heterocycles. The van der Waals surface area contributed by atoms with Gasteiger partial charge in [0.2, 0.25) is 17.7 Å². The molecular weight excluding hydrogens is 500 g/mol. The minimum absolute atomic E-state index is 0.0893. The molecule has 1 unspecified atom stereocenters. The molecule has 5 rings (SSSR count). The number of carbonyl (C=O) groups is 5. The molecule has 3 saturated heterocycles. The summed E-state index contributed by atoms with van der Waals surface area (Å²) < 4.78 is 0. The fraction of sp³-hybridized carbons (Fsp3) is 0.607. The molecule has 3 fully saturated rings. The largest absolute Gasteiger partial charge is 0.384 e. The molecule has 11 heteroatoms. The average molecular weight is 539 g/mol. The highest BCUT2D eigenvalue weighted by Gasteiger charge is 2.45. The van der Waals surface area contributed by atoms with E-state index in [1.807, 2.05) is 4.90 Å². The monoisotopic (exact) mass is 538 g/mol. The van der Waals surface area contributed by atoms with Crippen LogP contribution < -0.4 is 16.0 Å². The van der Waals surface area contributed by atoms with Crippen LogP contribution in [0.1, 0.15) is 72.1 Å². The van der Waals surface area contributed by atoms with Gasteiger partial charge in [-0.05, 0) is 57.3 Å². The summed E-state index contributed by atoms with van der Waals surface area (Å²) in [5.41, 5.74) is 1.09. The number of piperidine rings is 2. The number of rotatable bonds is 9. The van der Waals surface area contributed by atoms with Gasteiger partial charge in [0.1, 0.15) is 6.04 Å². The minimum Gasteiger partial charge on any atom is -0.384 e. The summed E-state index contributed by atoms with van der Waals surface area (Å²) >= 11 is 0. The molecule has 4 aliphatic heterocycles. The summed E-state index contributed by atoms with van der Waals surface area (Å²) in [5.74, 6) is -1.81. The first-order valence-corrected chi connectivity index (χ1v) is 14.2. The molecule has 1 atom stereocenters. The Hall–Kier alpha value is -3.31. The van der Waals surface area contributed by atoms with Crippen LogP contribution >= 0.6 is 0 Å². The van der Waals surface area contributed by atoms with Gasteiger partial charge >= 0.3 is 0 Å². The lowest BCUT2D eigenvalue weighted by Gasteiger charge is -2.40. The highest BCUT2D eigenvalue weighted by atomic mass is 16.2. The van der Waals surface area contributed by atoms with Crippen LogP contribution in [0.4, 0.5) is 5.69 Å². The number of fused-ring (bicyclic) bond motifs is 1. The van der Waals surface area contributed by atoms with Crippen LogP contribution in [-0.2, 0) is 14.4 Å². The Balaban J connectivity index is 1.04. The summed E-state index contributed by atoms with van der Waals surface area (Å²) in [6.07, 6.45) is 5.65. The van der Waals surface area contributed by atoms with Crippen molar-refractivity contribution in [3.8, 4) is 0 Å². The van der Waals surface area contributed by atoms with E-state index in [4.69, 9.17) is 0 Å². The number of hydrogen-bond donors (Lipinski definition) is 3. The third-order valence-corrected chi connectivity index (χ3v) is 8.34. The molecule has 0 saturated carbocycles. The van der Waals surface area contributed by atoms with Crippen molar-refractivity contribution in [2.45, 2.75) is 63.5 Å². The quantitative estimate of drug-likeness (QED) is 0.313. The maximum absolute atomic E-state index is 13.2. The zero-order chi connectivity index (χ0) is 27.4. The topological polar surface area (TPSA) is 131 Å². The lowest BCUT2D eigenvalue weighted by molar-refractivity contribution is -0.136. The standard InChI is InChI=1S/C28H38N6O5/c35-23-9-8-22(26(37)31-23)34-27(38)20-5-4-6-21(25(20)28(34)39)30-12-3-1-2-7-24(36)33-17-15-32(16-18-33)19-10-13-29-14-11-19/h4-6,19,22,29-30H,1-3,7-18H2,(H,31,35,37). The smallest absolute Gasteiger partial charge is 0.264 e. The molecule has 3 N–H and O–H groups in total. The van der Waals surface area contributed by atoms with Crippen molar-refractivity contribution >= 4 is 35.2 Å². The van der Waals surface area contributed by atoms with Crippen LogP contribution in [0.3, 0.4) is 0 Å². The van der Waals surface area contributed by atoms with E-state index in [1.165, 1.54) is 12.8 Å². The van der Waals surface area contributed by atoms with E-state index in [1.54, 1.807) is 18.2 Å². The van der Waals surface area contributed by atoms with Crippen molar-refractivity contribution in [1.82, 2.24) is 25.3 Å². The predicted octanol–water partition coefficient (Wildman–Crippen LogP) is 0.956. The third kappa shape index (κ3) is 5.99. The van der Waals surface area contributed by atoms with Crippen LogP contribution in [0.5, 0.6) is 0 Å². The number of piperazine rings is 1. The van der Waals surface area contributed by atoms with Crippen molar-refractivity contribution in [2.75, 3.05) is 51.1 Å². The fourth-order valence-corrected chi connectivity index (χ4v) is 6.13. The van der Waals surface area contributed by atoms with E-state index in [0.29, 0.717) is 24.7 Å². The number of amides is 5. The van der Waals surface area contributed by atoms with E-state index in [0.717, 1.165) is 63.4 Å². The van der Waals surface area contributed by atoms with Gasteiger partial charge in [-0.25, -0.2) is 0 Å². The maximum atomic E-state index is 13.2. The molecule has 1 aromatic carbocycles. The molecule has 39 heavy (non-hydrogen) atoms. The average Bonchev–Trinajstić information content (AvgIpc) is 3.21. The zero-order valence-electron chi connectivity index (χ0n) is 22.4. The van der Waals surface area contributed by atoms with Crippen LogP contribution in [0.2, 0.25) is 0 Å². The summed E-state index contributed by atoms with van der Waals surface area (Å²) in [6, 6.07) is 4.73. The molecular formula is C28H38N6O5.